The summed E-state index contributed by atoms with van der Waals surface area (Å²) in [4.78, 5) is 0. The molecule has 0 aliphatic heterocycles. The van der Waals surface area contributed by atoms with Gasteiger partial charge in [-0.2, -0.15) is 0 Å². The Hall–Kier alpha value is -1.08. The van der Waals surface area contributed by atoms with E-state index in [-0.39, 0.29) is 6.10 Å². The van der Waals surface area contributed by atoms with Gasteiger partial charge in [0.05, 0.1) is 6.10 Å². The molecule has 0 radical (unpaired) electrons. The van der Waals surface area contributed by atoms with Crippen LogP contribution in [0, 0.1) is 36.0 Å². The monoisotopic (exact) mass is 394 g/mol. The minimum absolute atomic E-state index is 0.134. The summed E-state index contributed by atoms with van der Waals surface area (Å²) in [6, 6.07) is 2.53. The van der Waals surface area contributed by atoms with E-state index in [4.69, 9.17) is 0 Å². The molecule has 6 unspecified atom stereocenters. The van der Waals surface area contributed by atoms with Gasteiger partial charge in [0.2, 0.25) is 0 Å². The van der Waals surface area contributed by atoms with Crippen LogP contribution in [0.4, 0.5) is 0 Å². The summed E-state index contributed by atoms with van der Waals surface area (Å²) in [5.41, 5.74) is 8.32. The van der Waals surface area contributed by atoms with E-state index in [1.807, 2.05) is 0 Å². The molecule has 3 aliphatic carbocycles. The summed E-state index contributed by atoms with van der Waals surface area (Å²) >= 11 is 0. The van der Waals surface area contributed by atoms with Gasteiger partial charge in [0.1, 0.15) is 0 Å². The first kappa shape index (κ1) is 21.2. The van der Waals surface area contributed by atoms with Crippen molar-refractivity contribution in [2.45, 2.75) is 98.5 Å². The lowest BCUT2D eigenvalue weighted by molar-refractivity contribution is 0.140. The van der Waals surface area contributed by atoms with Gasteiger partial charge in [-0.25, -0.2) is 0 Å². The third kappa shape index (κ3) is 3.62. The smallest absolute Gasteiger partial charge is 0.0583 e. The molecular weight excluding hydrogens is 352 g/mol. The maximum absolute atomic E-state index is 10.2. The van der Waals surface area contributed by atoms with Gasteiger partial charge >= 0.3 is 0 Å². The van der Waals surface area contributed by atoms with Crippen molar-refractivity contribution >= 4 is 0 Å². The van der Waals surface area contributed by atoms with Crippen molar-refractivity contribution in [2.75, 3.05) is 0 Å². The van der Waals surface area contributed by atoms with Crippen molar-refractivity contribution in [3.63, 3.8) is 0 Å². The van der Waals surface area contributed by atoms with E-state index in [1.165, 1.54) is 36.8 Å². The summed E-state index contributed by atoms with van der Waals surface area (Å²) in [6.07, 6.45) is 13.1. The first-order chi connectivity index (χ1) is 13.7. The van der Waals surface area contributed by atoms with Gasteiger partial charge in [-0.3, -0.25) is 0 Å². The van der Waals surface area contributed by atoms with Crippen LogP contribution in [0.25, 0.3) is 0 Å². The quantitative estimate of drug-likeness (QED) is 0.558. The fraction of sp³-hybridized carbons (Fsp3) is 0.714. The maximum Gasteiger partial charge on any atom is 0.0583 e. The van der Waals surface area contributed by atoms with Gasteiger partial charge in [-0.05, 0) is 115 Å². The van der Waals surface area contributed by atoms with Crippen molar-refractivity contribution in [3.8, 4) is 0 Å². The van der Waals surface area contributed by atoms with Crippen molar-refractivity contribution in [3.05, 3.63) is 46.0 Å². The molecule has 1 aromatic carbocycles. The highest BCUT2D eigenvalue weighted by Crippen LogP contribution is 2.61. The van der Waals surface area contributed by atoms with Crippen LogP contribution in [0.5, 0.6) is 0 Å². The second kappa shape index (κ2) is 7.88. The van der Waals surface area contributed by atoms with Gasteiger partial charge in [0, 0.05) is 0 Å². The van der Waals surface area contributed by atoms with Crippen LogP contribution in [0.1, 0.15) is 94.0 Å². The Morgan fingerprint density at radius 1 is 1.00 bits per heavy atom. The second-order valence-corrected chi connectivity index (χ2v) is 11.2. The Bertz CT molecular complexity index is 788. The molecule has 3 aliphatic rings. The molecule has 0 amide bonds. The highest BCUT2D eigenvalue weighted by molar-refractivity contribution is 5.51. The minimum atomic E-state index is -0.134. The summed E-state index contributed by atoms with van der Waals surface area (Å²) in [7, 11) is 0. The van der Waals surface area contributed by atoms with E-state index in [0.717, 1.165) is 37.0 Å². The average Bonchev–Trinajstić information content (AvgIpc) is 3.03. The van der Waals surface area contributed by atoms with Crippen LogP contribution in [0.2, 0.25) is 0 Å². The Morgan fingerprint density at radius 2 is 1.76 bits per heavy atom. The first-order valence-corrected chi connectivity index (χ1v) is 12.2. The van der Waals surface area contributed by atoms with Crippen molar-refractivity contribution in [1.29, 1.82) is 0 Å². The maximum atomic E-state index is 10.2. The van der Waals surface area contributed by atoms with Crippen LogP contribution in [0.15, 0.2) is 18.2 Å². The van der Waals surface area contributed by atoms with Gasteiger partial charge in [-0.1, -0.05) is 52.8 Å². The molecule has 1 aromatic rings. The van der Waals surface area contributed by atoms with Gasteiger partial charge < -0.3 is 5.11 Å². The fourth-order valence-corrected chi connectivity index (χ4v) is 6.94. The molecule has 1 N–H and O–H groups in total. The molecule has 1 fully saturated rings. The number of aliphatic hydroxyl groups excluding tert-OH is 1. The second-order valence-electron chi connectivity index (χ2n) is 11.2. The molecule has 6 atom stereocenters. The number of aliphatic hydroxyl groups is 1. The van der Waals surface area contributed by atoms with Crippen LogP contribution in [-0.4, -0.2) is 11.2 Å². The molecule has 1 saturated carbocycles. The Morgan fingerprint density at radius 3 is 2.48 bits per heavy atom. The van der Waals surface area contributed by atoms with Crippen molar-refractivity contribution < 1.29 is 5.11 Å². The Labute approximate surface area is 179 Å². The third-order valence-electron chi connectivity index (χ3n) is 9.20. The zero-order valence-electron chi connectivity index (χ0n) is 19.6. The lowest BCUT2D eigenvalue weighted by Gasteiger charge is -2.45. The van der Waals surface area contributed by atoms with Crippen molar-refractivity contribution in [1.82, 2.24) is 0 Å². The van der Waals surface area contributed by atoms with Gasteiger partial charge in [0.15, 0.2) is 0 Å². The predicted octanol–water partition coefficient (Wildman–Crippen LogP) is 6.78. The zero-order valence-corrected chi connectivity index (χ0v) is 19.6. The standard InChI is InChI=1S/C28H42O/c1-17(2)18(3)7-8-19(4)26-11-12-27-25-15-20(5)24-16-21(29)9-10-22(24)23(25)13-14-28(26,27)6/h7-8,15,17-19,21,26-27,29H,9-14,16H2,1-6H3. The predicted molar refractivity (Wildman–Crippen MR) is 123 cm³/mol. The summed E-state index contributed by atoms with van der Waals surface area (Å²) in [5.74, 6) is 3.58. The van der Waals surface area contributed by atoms with Crippen LogP contribution in [0.3, 0.4) is 0 Å². The van der Waals surface area contributed by atoms with Crippen molar-refractivity contribution in [2.24, 2.45) is 29.1 Å². The molecule has 160 valence electrons. The normalized spacial score (nSPS) is 33.4. The molecule has 0 saturated heterocycles. The molecule has 0 aromatic heterocycles. The summed E-state index contributed by atoms with van der Waals surface area (Å²) in [6.45, 7) is 14.4. The van der Waals surface area contributed by atoms with E-state index in [0.29, 0.717) is 17.3 Å². The number of allylic oxidation sites excluding steroid dienone is 2. The number of hydrogen-bond donors (Lipinski definition) is 1. The van der Waals surface area contributed by atoms with E-state index in [2.05, 4.69) is 59.8 Å². The lowest BCUT2D eigenvalue weighted by atomic mass is 9.60. The minimum Gasteiger partial charge on any atom is -0.393 e. The summed E-state index contributed by atoms with van der Waals surface area (Å²) in [5, 5.41) is 10.2. The highest BCUT2D eigenvalue weighted by atomic mass is 16.3. The van der Waals surface area contributed by atoms with Gasteiger partial charge in [-0.15, -0.1) is 0 Å². The molecule has 0 heterocycles. The Balaban J connectivity index is 1.63. The number of hydrogen-bond acceptors (Lipinski definition) is 1. The first-order valence-electron chi connectivity index (χ1n) is 12.2. The average molecular weight is 395 g/mol. The van der Waals surface area contributed by atoms with Gasteiger partial charge in [0.25, 0.3) is 0 Å². The lowest BCUT2D eigenvalue weighted by Crippen LogP contribution is -2.36. The molecule has 0 spiro atoms. The zero-order chi connectivity index (χ0) is 20.9. The van der Waals surface area contributed by atoms with E-state index in [1.54, 1.807) is 16.7 Å². The number of benzene rings is 1. The highest BCUT2D eigenvalue weighted by Gasteiger charge is 2.51. The summed E-state index contributed by atoms with van der Waals surface area (Å²) < 4.78 is 0. The van der Waals surface area contributed by atoms with E-state index < -0.39 is 0 Å². The third-order valence-corrected chi connectivity index (χ3v) is 9.20. The molecule has 1 nitrogen and oxygen atoms in total. The molecule has 1 heteroatoms. The largest absolute Gasteiger partial charge is 0.393 e. The topological polar surface area (TPSA) is 20.2 Å². The Kier molecular flexibility index (Phi) is 5.75. The number of fused-ring (bicyclic) bond motifs is 5. The molecule has 29 heavy (non-hydrogen) atoms. The fourth-order valence-electron chi connectivity index (χ4n) is 6.94. The molecule has 4 rings (SSSR count). The molecule has 0 bridgehead atoms. The number of aryl methyl sites for hydroxylation is 1. The van der Waals surface area contributed by atoms with E-state index >= 15 is 0 Å². The van der Waals surface area contributed by atoms with E-state index in [9.17, 15) is 5.11 Å². The van der Waals surface area contributed by atoms with Crippen LogP contribution in [-0.2, 0) is 19.3 Å². The molecular formula is C28H42O. The van der Waals surface area contributed by atoms with Crippen LogP contribution < -0.4 is 0 Å². The van der Waals surface area contributed by atoms with Crippen LogP contribution >= 0.6 is 0 Å². The SMILES string of the molecule is Cc1cc2c(c3c1CC(O)CC3)CCC1(C)C2CCC1C(C)C=CC(C)C(C)C. The number of rotatable bonds is 4.